The fourth-order valence-electron chi connectivity index (χ4n) is 4.21. The van der Waals surface area contributed by atoms with Crippen LogP contribution in [0, 0.1) is 5.41 Å². The predicted octanol–water partition coefficient (Wildman–Crippen LogP) is 7.39. The normalized spacial score (nSPS) is 12.0. The number of nitrogens with two attached hydrogens (primary N) is 1. The van der Waals surface area contributed by atoms with Crippen LogP contribution in [0.1, 0.15) is 64.7 Å². The smallest absolute Gasteiger partial charge is 0.254 e. The van der Waals surface area contributed by atoms with Gasteiger partial charge in [0.05, 0.1) is 12.2 Å². The number of fused-ring (bicyclic) bond motifs is 1. The summed E-state index contributed by atoms with van der Waals surface area (Å²) in [6.45, 7) is 13.0. The number of aryl methyl sites for hydroxylation is 1. The molecule has 1 heterocycles. The molecule has 0 atom stereocenters. The maximum absolute atomic E-state index is 13.3. The van der Waals surface area contributed by atoms with Gasteiger partial charge < -0.3 is 20.5 Å². The molecule has 1 aliphatic heterocycles. The summed E-state index contributed by atoms with van der Waals surface area (Å²) in [4.78, 5) is 15.1. The molecule has 218 valence electrons. The molecule has 0 bridgehead atoms. The van der Waals surface area contributed by atoms with E-state index >= 15 is 0 Å². The number of amides is 1. The molecule has 41 heavy (non-hydrogen) atoms. The Morgan fingerprint density at radius 1 is 1.05 bits per heavy atom. The molecular formula is C35H45N3O3. The highest BCUT2D eigenvalue weighted by molar-refractivity contribution is 6.09. The van der Waals surface area contributed by atoms with E-state index < -0.39 is 0 Å². The topological polar surface area (TPSA) is 99.6 Å². The van der Waals surface area contributed by atoms with Gasteiger partial charge in [-0.3, -0.25) is 10.2 Å². The molecule has 0 saturated carbocycles. The number of amidine groups is 1. The van der Waals surface area contributed by atoms with Gasteiger partial charge in [-0.15, -0.1) is 0 Å². The third-order valence-corrected chi connectivity index (χ3v) is 6.50. The number of hydrogen-bond donors (Lipinski definition) is 3. The average Bonchev–Trinajstić information content (AvgIpc) is 3.00. The molecule has 0 spiro atoms. The molecule has 0 radical (unpaired) electrons. The zero-order valence-electron chi connectivity index (χ0n) is 25.3. The number of aliphatic hydroxyl groups is 1. The molecular weight excluding hydrogens is 510 g/mol. The number of carbonyl (C=O) groups excluding carboxylic acids is 1. The Labute approximate surface area is 245 Å². The Bertz CT molecular complexity index is 1370. The fraction of sp³-hybridized carbons (Fsp3) is 0.314. The van der Waals surface area contributed by atoms with E-state index in [0.29, 0.717) is 36.5 Å². The molecule has 0 aliphatic carbocycles. The second kappa shape index (κ2) is 16.8. The predicted molar refractivity (Wildman–Crippen MR) is 173 cm³/mol. The summed E-state index contributed by atoms with van der Waals surface area (Å²) in [6.07, 6.45) is 5.40. The minimum atomic E-state index is -0.0890. The number of nitrogens with zero attached hydrogens (tertiary/aromatic N) is 1. The first-order valence-electron chi connectivity index (χ1n) is 14.2. The molecule has 1 aliphatic rings. The first-order chi connectivity index (χ1) is 19.7. The van der Waals surface area contributed by atoms with E-state index in [2.05, 4.69) is 32.1 Å². The van der Waals surface area contributed by atoms with Crippen molar-refractivity contribution in [2.75, 3.05) is 24.7 Å². The van der Waals surface area contributed by atoms with Crippen LogP contribution in [0.3, 0.4) is 0 Å². The maximum atomic E-state index is 13.3. The summed E-state index contributed by atoms with van der Waals surface area (Å²) in [5.41, 5.74) is 13.1. The van der Waals surface area contributed by atoms with E-state index in [-0.39, 0.29) is 18.3 Å². The Morgan fingerprint density at radius 3 is 2.41 bits per heavy atom. The highest BCUT2D eigenvalue weighted by Crippen LogP contribution is 2.37. The second-order valence-electron chi connectivity index (χ2n) is 9.70. The van der Waals surface area contributed by atoms with Gasteiger partial charge in [0.2, 0.25) is 0 Å². The van der Waals surface area contributed by atoms with Crippen LogP contribution in [0.2, 0.25) is 0 Å². The lowest BCUT2D eigenvalue weighted by Crippen LogP contribution is -2.38. The first-order valence-corrected chi connectivity index (χ1v) is 14.2. The molecule has 6 heteroatoms. The Kier molecular flexibility index (Phi) is 13.6. The molecule has 0 aromatic heterocycles. The molecule has 4 N–H and O–H groups in total. The van der Waals surface area contributed by atoms with Crippen molar-refractivity contribution in [2.45, 2.75) is 54.4 Å². The van der Waals surface area contributed by atoms with E-state index in [1.54, 1.807) is 24.0 Å². The SMILES string of the molecule is C/C(=C\c1cccc(C(=N)N)c1)C(=O)N1CCOc2cc(-c3ccccc3CCCO)ccc21.CC.CC=C(C)C. The van der Waals surface area contributed by atoms with Crippen LogP contribution in [0.25, 0.3) is 17.2 Å². The van der Waals surface area contributed by atoms with E-state index in [9.17, 15) is 9.90 Å². The Hall–Kier alpha value is -4.16. The van der Waals surface area contributed by atoms with Crippen molar-refractivity contribution >= 4 is 23.5 Å². The van der Waals surface area contributed by atoms with Crippen LogP contribution in [0.15, 0.2) is 84.0 Å². The zero-order valence-corrected chi connectivity index (χ0v) is 25.3. The summed E-state index contributed by atoms with van der Waals surface area (Å²) < 4.78 is 5.94. The first kappa shape index (κ1) is 33.0. The highest BCUT2D eigenvalue weighted by Gasteiger charge is 2.25. The van der Waals surface area contributed by atoms with Gasteiger partial charge >= 0.3 is 0 Å². The Balaban J connectivity index is 0.000000759. The standard InChI is InChI=1S/C28H29N3O3.C5H10.C2H6/c1-19(16-20-6-4-8-23(17-20)27(29)30)28(33)31-13-15-34-26-18-22(11-12-25(26)31)24-10-3-2-7-21(24)9-5-14-32;1-4-5(2)3;1-2/h2-4,6-8,10-12,16-18,32H,5,9,13-15H2,1H3,(H3,29,30);4H,1-3H3;1-2H3/b19-16+;;. The van der Waals surface area contributed by atoms with Crippen LogP contribution >= 0.6 is 0 Å². The number of allylic oxidation sites excluding steroid dienone is 2. The van der Waals surface area contributed by atoms with Gasteiger partial charge in [0.15, 0.2) is 0 Å². The van der Waals surface area contributed by atoms with Crippen molar-refractivity contribution in [3.05, 3.63) is 101 Å². The molecule has 4 rings (SSSR count). The molecule has 6 nitrogen and oxygen atoms in total. The van der Waals surface area contributed by atoms with Crippen LogP contribution in [0.5, 0.6) is 5.75 Å². The van der Waals surface area contributed by atoms with Crippen LogP contribution in [0.4, 0.5) is 5.69 Å². The van der Waals surface area contributed by atoms with Crippen molar-refractivity contribution in [1.82, 2.24) is 0 Å². The van der Waals surface area contributed by atoms with E-state index in [1.807, 2.05) is 69.3 Å². The van der Waals surface area contributed by atoms with Crippen molar-refractivity contribution in [1.29, 1.82) is 5.41 Å². The lowest BCUT2D eigenvalue weighted by molar-refractivity contribution is -0.115. The third-order valence-electron chi connectivity index (χ3n) is 6.50. The lowest BCUT2D eigenvalue weighted by Gasteiger charge is -2.30. The van der Waals surface area contributed by atoms with Crippen LogP contribution in [-0.4, -0.2) is 36.6 Å². The largest absolute Gasteiger partial charge is 0.490 e. The molecule has 0 saturated heterocycles. The monoisotopic (exact) mass is 555 g/mol. The molecule has 3 aromatic carbocycles. The van der Waals surface area contributed by atoms with Crippen LogP contribution < -0.4 is 15.4 Å². The second-order valence-corrected chi connectivity index (χ2v) is 9.70. The van der Waals surface area contributed by atoms with E-state index in [0.717, 1.165) is 28.8 Å². The fourth-order valence-corrected chi connectivity index (χ4v) is 4.21. The number of nitrogens with one attached hydrogen (secondary N) is 1. The van der Waals surface area contributed by atoms with E-state index in [1.165, 1.54) is 11.1 Å². The number of ether oxygens (including phenoxy) is 1. The van der Waals surface area contributed by atoms with Crippen LogP contribution in [-0.2, 0) is 11.2 Å². The highest BCUT2D eigenvalue weighted by atomic mass is 16.5. The number of carbonyl (C=O) groups is 1. The number of hydrogen-bond acceptors (Lipinski definition) is 4. The summed E-state index contributed by atoms with van der Waals surface area (Å²) in [7, 11) is 0. The summed E-state index contributed by atoms with van der Waals surface area (Å²) >= 11 is 0. The van der Waals surface area contributed by atoms with Gasteiger partial charge in [-0.2, -0.15) is 0 Å². The third kappa shape index (κ3) is 9.47. The summed E-state index contributed by atoms with van der Waals surface area (Å²) in [5.74, 6) is 0.587. The maximum Gasteiger partial charge on any atom is 0.254 e. The number of rotatable bonds is 7. The lowest BCUT2D eigenvalue weighted by atomic mass is 9.96. The van der Waals surface area contributed by atoms with Crippen molar-refractivity contribution < 1.29 is 14.6 Å². The number of benzene rings is 3. The van der Waals surface area contributed by atoms with Gasteiger partial charge in [0, 0.05) is 17.7 Å². The molecule has 0 fully saturated rings. The van der Waals surface area contributed by atoms with E-state index in [4.69, 9.17) is 15.9 Å². The van der Waals surface area contributed by atoms with Gasteiger partial charge in [-0.05, 0) is 87.1 Å². The molecule has 0 unspecified atom stereocenters. The number of anilines is 1. The quantitative estimate of drug-likeness (QED) is 0.122. The molecule has 3 aromatic rings. The summed E-state index contributed by atoms with van der Waals surface area (Å²) in [6, 6.07) is 21.4. The van der Waals surface area contributed by atoms with Gasteiger partial charge in [-0.1, -0.05) is 74.0 Å². The van der Waals surface area contributed by atoms with Crippen molar-refractivity contribution in [3.8, 4) is 16.9 Å². The van der Waals surface area contributed by atoms with Gasteiger partial charge in [0.1, 0.15) is 18.2 Å². The Morgan fingerprint density at radius 2 is 1.76 bits per heavy atom. The van der Waals surface area contributed by atoms with Gasteiger partial charge in [-0.25, -0.2) is 0 Å². The minimum absolute atomic E-state index is 0.00456. The van der Waals surface area contributed by atoms with Crippen molar-refractivity contribution in [2.24, 2.45) is 5.73 Å². The minimum Gasteiger partial charge on any atom is -0.490 e. The molecule has 1 amide bonds. The summed E-state index contributed by atoms with van der Waals surface area (Å²) in [5, 5.41) is 16.9. The number of aliphatic hydroxyl groups excluding tert-OH is 1. The van der Waals surface area contributed by atoms with Gasteiger partial charge in [0.25, 0.3) is 5.91 Å². The average molecular weight is 556 g/mol. The zero-order chi connectivity index (χ0) is 30.4. The van der Waals surface area contributed by atoms with Crippen molar-refractivity contribution in [3.63, 3.8) is 0 Å². The number of nitrogen functional groups attached to an aromatic ring is 1.